The number of hydrogen-bond acceptors (Lipinski definition) is 5. The topological polar surface area (TPSA) is 84.9 Å². The van der Waals surface area contributed by atoms with Crippen LogP contribution in [0.4, 0.5) is 5.69 Å². The van der Waals surface area contributed by atoms with Gasteiger partial charge in [0.15, 0.2) is 0 Å². The van der Waals surface area contributed by atoms with Crippen LogP contribution in [-0.2, 0) is 21.2 Å². The monoisotopic (exact) mass is 544 g/mol. The van der Waals surface area contributed by atoms with E-state index in [4.69, 9.17) is 21.1 Å². The summed E-state index contributed by atoms with van der Waals surface area (Å²) in [6, 6.07) is 19.0. The summed E-state index contributed by atoms with van der Waals surface area (Å²) in [4.78, 5) is 13.0. The lowest BCUT2D eigenvalue weighted by atomic mass is 10.1. The van der Waals surface area contributed by atoms with E-state index in [-0.39, 0.29) is 15.6 Å². The molecule has 0 aliphatic heterocycles. The molecule has 3 rings (SSSR count). The lowest BCUT2D eigenvalue weighted by Gasteiger charge is -2.24. The first-order valence-electron chi connectivity index (χ1n) is 12.2. The Hall–Kier alpha value is -3.23. The van der Waals surface area contributed by atoms with Crippen LogP contribution in [0.15, 0.2) is 71.6 Å². The first-order chi connectivity index (χ1) is 17.8. The predicted molar refractivity (Wildman–Crippen MR) is 147 cm³/mol. The first kappa shape index (κ1) is 28.3. The van der Waals surface area contributed by atoms with Crippen molar-refractivity contribution in [2.24, 2.45) is 0 Å². The molecular weight excluding hydrogens is 512 g/mol. The third-order valence-electron chi connectivity index (χ3n) is 5.70. The van der Waals surface area contributed by atoms with E-state index in [1.807, 2.05) is 31.2 Å². The van der Waals surface area contributed by atoms with E-state index in [2.05, 4.69) is 12.2 Å². The third kappa shape index (κ3) is 7.63. The van der Waals surface area contributed by atoms with Crippen molar-refractivity contribution in [3.63, 3.8) is 0 Å². The molecule has 0 aliphatic carbocycles. The Morgan fingerprint density at radius 1 is 1.03 bits per heavy atom. The van der Waals surface area contributed by atoms with E-state index < -0.39 is 22.5 Å². The molecule has 0 fully saturated rings. The molecule has 37 heavy (non-hydrogen) atoms. The fraction of sp³-hybridized carbons (Fsp3) is 0.321. The van der Waals surface area contributed by atoms with Gasteiger partial charge >= 0.3 is 0 Å². The zero-order valence-electron chi connectivity index (χ0n) is 21.4. The van der Waals surface area contributed by atoms with Gasteiger partial charge in [-0.05, 0) is 68.1 Å². The number of methoxy groups -OCH3 is 1. The molecule has 0 radical (unpaired) electrons. The van der Waals surface area contributed by atoms with Gasteiger partial charge in [-0.15, -0.1) is 0 Å². The van der Waals surface area contributed by atoms with Crippen molar-refractivity contribution in [3.05, 3.63) is 82.9 Å². The SMILES string of the molecule is CCCOc1ccccc1CCCNC(=O)CN(c1ccc(OC)c(Cl)c1)S(=O)(=O)c1ccc(C)cc1. The summed E-state index contributed by atoms with van der Waals surface area (Å²) in [5.41, 5.74) is 2.27. The van der Waals surface area contributed by atoms with Crippen LogP contribution in [0, 0.1) is 6.92 Å². The number of hydrogen-bond donors (Lipinski definition) is 1. The molecule has 7 nitrogen and oxygen atoms in total. The highest BCUT2D eigenvalue weighted by Gasteiger charge is 2.27. The second-order valence-corrected chi connectivity index (χ2v) is 10.8. The van der Waals surface area contributed by atoms with E-state index in [0.717, 1.165) is 34.0 Å². The Balaban J connectivity index is 1.72. The number of ether oxygens (including phenoxy) is 2. The van der Waals surface area contributed by atoms with Crippen LogP contribution < -0.4 is 19.1 Å². The van der Waals surface area contributed by atoms with Crippen LogP contribution in [0.1, 0.15) is 30.9 Å². The number of rotatable bonds is 13. The average Bonchev–Trinajstić information content (AvgIpc) is 2.89. The van der Waals surface area contributed by atoms with Gasteiger partial charge in [0, 0.05) is 6.54 Å². The fourth-order valence-electron chi connectivity index (χ4n) is 3.72. The average molecular weight is 545 g/mol. The number of carbonyl (C=O) groups excluding carboxylic acids is 1. The van der Waals surface area contributed by atoms with Gasteiger partial charge in [0.2, 0.25) is 5.91 Å². The van der Waals surface area contributed by atoms with Crippen molar-refractivity contribution in [3.8, 4) is 11.5 Å². The molecule has 1 amide bonds. The highest BCUT2D eigenvalue weighted by molar-refractivity contribution is 7.92. The molecule has 0 spiro atoms. The summed E-state index contributed by atoms with van der Waals surface area (Å²) >= 11 is 6.27. The lowest BCUT2D eigenvalue weighted by molar-refractivity contribution is -0.119. The summed E-state index contributed by atoms with van der Waals surface area (Å²) in [7, 11) is -2.56. The summed E-state index contributed by atoms with van der Waals surface area (Å²) in [6.45, 7) is 4.58. The normalized spacial score (nSPS) is 11.1. The van der Waals surface area contributed by atoms with Crippen molar-refractivity contribution in [1.82, 2.24) is 5.32 Å². The number of para-hydroxylation sites is 1. The number of nitrogens with one attached hydrogen (secondary N) is 1. The zero-order chi connectivity index (χ0) is 26.8. The molecule has 0 saturated carbocycles. The van der Waals surface area contributed by atoms with Gasteiger partial charge in [-0.1, -0.05) is 54.4 Å². The number of anilines is 1. The van der Waals surface area contributed by atoms with E-state index >= 15 is 0 Å². The van der Waals surface area contributed by atoms with Crippen molar-refractivity contribution in [1.29, 1.82) is 0 Å². The van der Waals surface area contributed by atoms with Crippen LogP contribution >= 0.6 is 11.6 Å². The number of nitrogens with zero attached hydrogens (tertiary/aromatic N) is 1. The number of sulfonamides is 1. The van der Waals surface area contributed by atoms with Crippen LogP contribution in [0.2, 0.25) is 5.02 Å². The van der Waals surface area contributed by atoms with Gasteiger partial charge in [0.1, 0.15) is 18.0 Å². The van der Waals surface area contributed by atoms with Crippen LogP contribution in [0.25, 0.3) is 0 Å². The molecule has 0 unspecified atom stereocenters. The number of carbonyl (C=O) groups is 1. The number of benzene rings is 3. The van der Waals surface area contributed by atoms with Gasteiger partial charge in [-0.25, -0.2) is 8.42 Å². The molecule has 3 aromatic carbocycles. The Morgan fingerprint density at radius 2 is 1.76 bits per heavy atom. The molecular formula is C28H33ClN2O5S. The number of halogens is 1. The maximum Gasteiger partial charge on any atom is 0.264 e. The molecule has 0 heterocycles. The summed E-state index contributed by atoms with van der Waals surface area (Å²) in [6.07, 6.45) is 2.32. The maximum absolute atomic E-state index is 13.5. The van der Waals surface area contributed by atoms with E-state index in [0.29, 0.717) is 25.3 Å². The molecule has 9 heteroatoms. The molecule has 0 bridgehead atoms. The second kappa shape index (κ2) is 13.4. The zero-order valence-corrected chi connectivity index (χ0v) is 22.9. The smallest absolute Gasteiger partial charge is 0.264 e. The van der Waals surface area contributed by atoms with Crippen LogP contribution in [0.5, 0.6) is 11.5 Å². The quantitative estimate of drug-likeness (QED) is 0.292. The minimum atomic E-state index is -4.03. The first-order valence-corrected chi connectivity index (χ1v) is 14.0. The summed E-state index contributed by atoms with van der Waals surface area (Å²) < 4.78 is 39.1. The number of amides is 1. The fourth-order valence-corrected chi connectivity index (χ4v) is 5.38. The molecule has 1 N–H and O–H groups in total. The minimum absolute atomic E-state index is 0.0847. The predicted octanol–water partition coefficient (Wildman–Crippen LogP) is 5.39. The van der Waals surface area contributed by atoms with Crippen molar-refractivity contribution in [2.45, 2.75) is 38.0 Å². The van der Waals surface area contributed by atoms with Crippen LogP contribution in [0.3, 0.4) is 0 Å². The molecule has 3 aromatic rings. The maximum atomic E-state index is 13.5. The standard InChI is InChI=1S/C28H33ClN2O5S/c1-4-18-36-26-10-6-5-8-22(26)9-7-17-30-28(32)20-31(23-13-16-27(35-3)25(29)19-23)37(33,34)24-14-11-21(2)12-15-24/h5-6,8,10-16,19H,4,7,9,17-18,20H2,1-3H3,(H,30,32). The van der Waals surface area contributed by atoms with E-state index in [1.165, 1.54) is 25.3 Å². The van der Waals surface area contributed by atoms with Gasteiger partial charge in [0.05, 0.1) is 29.3 Å². The Labute approximate surface area is 224 Å². The van der Waals surface area contributed by atoms with Gasteiger partial charge in [0.25, 0.3) is 10.0 Å². The van der Waals surface area contributed by atoms with E-state index in [1.54, 1.807) is 24.3 Å². The van der Waals surface area contributed by atoms with Crippen molar-refractivity contribution in [2.75, 3.05) is 31.1 Å². The largest absolute Gasteiger partial charge is 0.495 e. The van der Waals surface area contributed by atoms with Crippen LogP contribution in [-0.4, -0.2) is 41.1 Å². The Bertz CT molecular complexity index is 1300. The number of aryl methyl sites for hydroxylation is 2. The highest BCUT2D eigenvalue weighted by Crippen LogP contribution is 2.32. The van der Waals surface area contributed by atoms with Crippen molar-refractivity contribution < 1.29 is 22.7 Å². The van der Waals surface area contributed by atoms with Crippen molar-refractivity contribution >= 4 is 33.2 Å². The summed E-state index contributed by atoms with van der Waals surface area (Å²) in [5.74, 6) is 0.839. The highest BCUT2D eigenvalue weighted by atomic mass is 35.5. The molecule has 198 valence electrons. The molecule has 0 aromatic heterocycles. The lowest BCUT2D eigenvalue weighted by Crippen LogP contribution is -2.41. The Morgan fingerprint density at radius 3 is 2.43 bits per heavy atom. The van der Waals surface area contributed by atoms with Gasteiger partial charge in [-0.3, -0.25) is 9.10 Å². The minimum Gasteiger partial charge on any atom is -0.495 e. The summed E-state index contributed by atoms with van der Waals surface area (Å²) in [5, 5.41) is 3.09. The van der Waals surface area contributed by atoms with E-state index in [9.17, 15) is 13.2 Å². The van der Waals surface area contributed by atoms with Gasteiger partial charge < -0.3 is 14.8 Å². The molecule has 0 atom stereocenters. The second-order valence-electron chi connectivity index (χ2n) is 8.55. The molecule has 0 saturated heterocycles. The third-order valence-corrected chi connectivity index (χ3v) is 7.78. The molecule has 0 aliphatic rings. The van der Waals surface area contributed by atoms with Gasteiger partial charge in [-0.2, -0.15) is 0 Å². The Kier molecular flexibility index (Phi) is 10.2.